The predicted octanol–water partition coefficient (Wildman–Crippen LogP) is 3.49. The summed E-state index contributed by atoms with van der Waals surface area (Å²) in [4.78, 5) is 29.0. The van der Waals surface area contributed by atoms with Crippen molar-refractivity contribution >= 4 is 34.6 Å². The average molecular weight is 326 g/mol. The van der Waals surface area contributed by atoms with Gasteiger partial charge in [0, 0.05) is 28.8 Å². The van der Waals surface area contributed by atoms with Crippen molar-refractivity contribution in [3.63, 3.8) is 0 Å². The molecule has 0 saturated heterocycles. The van der Waals surface area contributed by atoms with Crippen molar-refractivity contribution < 1.29 is 14.7 Å². The summed E-state index contributed by atoms with van der Waals surface area (Å²) in [6.45, 7) is 0. The Hall–Kier alpha value is -2.72. The highest BCUT2D eigenvalue weighted by molar-refractivity contribution is 6.59. The highest BCUT2D eigenvalue weighted by atomic mass is 35.5. The lowest BCUT2D eigenvalue weighted by Crippen LogP contribution is -2.28. The van der Waals surface area contributed by atoms with Crippen LogP contribution in [-0.2, 0) is 4.79 Å². The van der Waals surface area contributed by atoms with Crippen LogP contribution in [0.1, 0.15) is 21.5 Å². The van der Waals surface area contributed by atoms with E-state index in [4.69, 9.17) is 11.6 Å². The van der Waals surface area contributed by atoms with Gasteiger partial charge in [0.25, 0.3) is 0 Å². The Labute approximate surface area is 137 Å². The lowest BCUT2D eigenvalue weighted by molar-refractivity contribution is -0.111. The second-order valence-corrected chi connectivity index (χ2v) is 5.45. The number of fused-ring (bicyclic) bond motifs is 1. The number of rotatable bonds is 2. The minimum absolute atomic E-state index is 0.0847. The van der Waals surface area contributed by atoms with E-state index in [9.17, 15) is 14.7 Å². The molecule has 2 aromatic carbocycles. The smallest absolute Gasteiger partial charge is 0.239 e. The lowest BCUT2D eigenvalue weighted by Gasteiger charge is -2.19. The molecule has 0 saturated carbocycles. The van der Waals surface area contributed by atoms with Gasteiger partial charge in [0.15, 0.2) is 0 Å². The largest absolute Gasteiger partial charge is 0.506 e. The molecule has 0 spiro atoms. The fraction of sp³-hybridized carbons (Fsp3) is 0.0556. The van der Waals surface area contributed by atoms with Crippen molar-refractivity contribution in [2.24, 2.45) is 4.99 Å². The number of hydrogen-bond acceptors (Lipinski definition) is 4. The van der Waals surface area contributed by atoms with E-state index >= 15 is 0 Å². The number of benzene rings is 2. The van der Waals surface area contributed by atoms with Gasteiger partial charge >= 0.3 is 0 Å². The van der Waals surface area contributed by atoms with E-state index in [0.29, 0.717) is 10.6 Å². The molecule has 4 nitrogen and oxygen atoms in total. The first-order valence-corrected chi connectivity index (χ1v) is 7.27. The van der Waals surface area contributed by atoms with Crippen LogP contribution in [0.15, 0.2) is 59.1 Å². The van der Waals surface area contributed by atoms with Crippen molar-refractivity contribution in [3.8, 4) is 0 Å². The second-order valence-electron chi connectivity index (χ2n) is 5.01. The highest BCUT2D eigenvalue weighted by Crippen LogP contribution is 2.31. The average Bonchev–Trinajstić information content (AvgIpc) is 2.57. The van der Waals surface area contributed by atoms with Gasteiger partial charge in [-0.05, 0) is 18.2 Å². The fourth-order valence-electron chi connectivity index (χ4n) is 2.59. The molecule has 0 amide bonds. The number of aliphatic hydroxyl groups is 1. The summed E-state index contributed by atoms with van der Waals surface area (Å²) in [5.74, 6) is -1.75. The van der Waals surface area contributed by atoms with Gasteiger partial charge in [-0.2, -0.15) is 0 Å². The molecule has 0 fully saturated rings. The normalized spacial score (nSPS) is 15.0. The zero-order valence-corrected chi connectivity index (χ0v) is 13.0. The van der Waals surface area contributed by atoms with Gasteiger partial charge in [0.2, 0.25) is 11.6 Å². The predicted molar refractivity (Wildman–Crippen MR) is 89.2 cm³/mol. The summed E-state index contributed by atoms with van der Waals surface area (Å²) in [7, 11) is 1.51. The SMILES string of the molecule is CN=C(C1=C(O)c2ccc(Cl)cc2C(=O)C1=O)c1ccccc1. The Morgan fingerprint density at radius 3 is 2.35 bits per heavy atom. The number of allylic oxidation sites excluding steroid dienone is 1. The van der Waals surface area contributed by atoms with Crippen LogP contribution in [0.2, 0.25) is 5.02 Å². The minimum atomic E-state index is -0.790. The zero-order chi connectivity index (χ0) is 16.6. The van der Waals surface area contributed by atoms with Crippen LogP contribution in [0.25, 0.3) is 5.76 Å². The number of hydrogen-bond donors (Lipinski definition) is 1. The molecule has 3 rings (SSSR count). The minimum Gasteiger partial charge on any atom is -0.506 e. The van der Waals surface area contributed by atoms with Gasteiger partial charge in [-0.1, -0.05) is 41.9 Å². The van der Waals surface area contributed by atoms with E-state index in [-0.39, 0.29) is 28.2 Å². The van der Waals surface area contributed by atoms with Crippen molar-refractivity contribution in [2.45, 2.75) is 0 Å². The number of nitrogens with zero attached hydrogens (tertiary/aromatic N) is 1. The molecular weight excluding hydrogens is 314 g/mol. The van der Waals surface area contributed by atoms with E-state index < -0.39 is 11.6 Å². The van der Waals surface area contributed by atoms with Crippen LogP contribution in [0.3, 0.4) is 0 Å². The van der Waals surface area contributed by atoms with Crippen molar-refractivity contribution in [2.75, 3.05) is 7.05 Å². The molecule has 114 valence electrons. The van der Waals surface area contributed by atoms with E-state index in [0.717, 1.165) is 0 Å². The topological polar surface area (TPSA) is 66.7 Å². The Morgan fingerprint density at radius 2 is 1.70 bits per heavy atom. The summed E-state index contributed by atoms with van der Waals surface area (Å²) >= 11 is 5.87. The van der Waals surface area contributed by atoms with Crippen molar-refractivity contribution in [3.05, 3.63) is 75.8 Å². The maximum atomic E-state index is 12.5. The van der Waals surface area contributed by atoms with Gasteiger partial charge < -0.3 is 5.11 Å². The monoisotopic (exact) mass is 325 g/mol. The number of halogens is 1. The van der Waals surface area contributed by atoms with Crippen LogP contribution in [0.5, 0.6) is 0 Å². The van der Waals surface area contributed by atoms with E-state index in [1.54, 1.807) is 30.3 Å². The first-order chi connectivity index (χ1) is 11.0. The molecule has 1 aliphatic rings. The van der Waals surface area contributed by atoms with Gasteiger partial charge in [0.05, 0.1) is 11.3 Å². The molecule has 1 N–H and O–H groups in total. The highest BCUT2D eigenvalue weighted by Gasteiger charge is 2.35. The Balaban J connectivity index is 2.26. The molecule has 0 unspecified atom stereocenters. The number of Topliss-reactive ketones (excluding diaryl/α,β-unsaturated/α-hetero) is 2. The van der Waals surface area contributed by atoms with E-state index in [1.807, 2.05) is 6.07 Å². The standard InChI is InChI=1S/C18H12ClNO3/c1-20-15(10-5-3-2-4-6-10)14-16(21)12-8-7-11(19)9-13(12)17(22)18(14)23/h2-9,21H,1H3. The molecule has 5 heteroatoms. The summed E-state index contributed by atoms with van der Waals surface area (Å²) in [5.41, 5.74) is 1.23. The van der Waals surface area contributed by atoms with Crippen molar-refractivity contribution in [1.82, 2.24) is 0 Å². The van der Waals surface area contributed by atoms with Gasteiger partial charge in [-0.3, -0.25) is 14.6 Å². The van der Waals surface area contributed by atoms with Gasteiger partial charge in [-0.15, -0.1) is 0 Å². The van der Waals surface area contributed by atoms with Crippen LogP contribution in [-0.4, -0.2) is 29.4 Å². The third kappa shape index (κ3) is 2.47. The third-order valence-corrected chi connectivity index (χ3v) is 3.89. The Bertz CT molecular complexity index is 882. The molecular formula is C18H12ClNO3. The molecule has 2 aromatic rings. The summed E-state index contributed by atoms with van der Waals surface area (Å²) in [6, 6.07) is 13.4. The Morgan fingerprint density at radius 1 is 1.00 bits per heavy atom. The number of aliphatic imine (C=N–C) groups is 1. The molecule has 23 heavy (non-hydrogen) atoms. The fourth-order valence-corrected chi connectivity index (χ4v) is 2.76. The van der Waals surface area contributed by atoms with E-state index in [2.05, 4.69) is 4.99 Å². The third-order valence-electron chi connectivity index (χ3n) is 3.66. The molecule has 0 atom stereocenters. The molecule has 0 radical (unpaired) electrons. The first-order valence-electron chi connectivity index (χ1n) is 6.89. The zero-order valence-electron chi connectivity index (χ0n) is 12.2. The molecule has 0 aliphatic heterocycles. The van der Waals surface area contributed by atoms with Crippen LogP contribution >= 0.6 is 11.6 Å². The van der Waals surface area contributed by atoms with Crippen LogP contribution in [0.4, 0.5) is 0 Å². The molecule has 0 heterocycles. The lowest BCUT2D eigenvalue weighted by atomic mass is 9.84. The quantitative estimate of drug-likeness (QED) is 0.679. The summed E-state index contributed by atoms with van der Waals surface area (Å²) in [6.07, 6.45) is 0. The molecule has 1 aliphatic carbocycles. The van der Waals surface area contributed by atoms with Crippen LogP contribution < -0.4 is 0 Å². The van der Waals surface area contributed by atoms with Gasteiger partial charge in [-0.25, -0.2) is 0 Å². The van der Waals surface area contributed by atoms with Crippen LogP contribution in [0, 0.1) is 0 Å². The molecule has 0 bridgehead atoms. The maximum Gasteiger partial charge on any atom is 0.239 e. The Kier molecular flexibility index (Phi) is 3.84. The summed E-state index contributed by atoms with van der Waals surface area (Å²) < 4.78 is 0. The number of aliphatic hydroxyl groups excluding tert-OH is 1. The number of ketones is 2. The van der Waals surface area contributed by atoms with Gasteiger partial charge in [0.1, 0.15) is 5.76 Å². The number of carbonyl (C=O) groups is 2. The van der Waals surface area contributed by atoms with Crippen molar-refractivity contribution in [1.29, 1.82) is 0 Å². The maximum absolute atomic E-state index is 12.5. The second kappa shape index (κ2) is 5.82. The number of carbonyl (C=O) groups excluding carboxylic acids is 2. The summed E-state index contributed by atoms with van der Waals surface area (Å²) in [5, 5.41) is 10.9. The first kappa shape index (κ1) is 15.2. The molecule has 0 aromatic heterocycles. The van der Waals surface area contributed by atoms with E-state index in [1.165, 1.54) is 19.2 Å².